The van der Waals surface area contributed by atoms with Crippen molar-refractivity contribution in [2.45, 2.75) is 58.0 Å². The molecule has 0 bridgehead atoms. The van der Waals surface area contributed by atoms with Crippen molar-refractivity contribution in [3.8, 4) is 0 Å². The molecular formula is C18H24N4O4S. The highest BCUT2D eigenvalue weighted by Gasteiger charge is 2.41. The SMILES string of the molecule is CC1(C)Cc2c(sc(NC(=O)CN3C(=O)CCC3=O)c2C(N)=O)C(C)(C)N1. The van der Waals surface area contributed by atoms with Gasteiger partial charge in [-0.25, -0.2) is 0 Å². The van der Waals surface area contributed by atoms with Gasteiger partial charge in [0.15, 0.2) is 0 Å². The highest BCUT2D eigenvalue weighted by atomic mass is 32.1. The topological polar surface area (TPSA) is 122 Å². The summed E-state index contributed by atoms with van der Waals surface area (Å²) in [5.74, 6) is -1.85. The zero-order valence-corrected chi connectivity index (χ0v) is 16.7. The molecule has 1 aromatic heterocycles. The Balaban J connectivity index is 1.91. The Morgan fingerprint density at radius 2 is 1.78 bits per heavy atom. The maximum Gasteiger partial charge on any atom is 0.251 e. The van der Waals surface area contributed by atoms with Gasteiger partial charge in [-0.15, -0.1) is 11.3 Å². The highest BCUT2D eigenvalue weighted by Crippen LogP contribution is 2.44. The highest BCUT2D eigenvalue weighted by molar-refractivity contribution is 7.17. The average Bonchev–Trinajstić information content (AvgIpc) is 3.00. The maximum absolute atomic E-state index is 12.4. The van der Waals surface area contributed by atoms with Crippen molar-refractivity contribution in [3.63, 3.8) is 0 Å². The lowest BCUT2D eigenvalue weighted by atomic mass is 9.81. The van der Waals surface area contributed by atoms with Crippen LogP contribution >= 0.6 is 11.3 Å². The van der Waals surface area contributed by atoms with E-state index >= 15 is 0 Å². The maximum atomic E-state index is 12.4. The Bertz CT molecular complexity index is 840. The number of nitrogens with zero attached hydrogens (tertiary/aromatic N) is 1. The van der Waals surface area contributed by atoms with Gasteiger partial charge in [0, 0.05) is 28.8 Å². The average molecular weight is 392 g/mol. The van der Waals surface area contributed by atoms with Crippen LogP contribution < -0.4 is 16.4 Å². The monoisotopic (exact) mass is 392 g/mol. The van der Waals surface area contributed by atoms with E-state index in [0.29, 0.717) is 17.0 Å². The molecule has 8 nitrogen and oxygen atoms in total. The lowest BCUT2D eigenvalue weighted by Gasteiger charge is -2.42. The van der Waals surface area contributed by atoms with E-state index in [-0.39, 0.29) is 36.7 Å². The van der Waals surface area contributed by atoms with E-state index in [1.807, 2.05) is 27.7 Å². The molecule has 0 aromatic carbocycles. The molecule has 3 heterocycles. The van der Waals surface area contributed by atoms with E-state index in [2.05, 4.69) is 10.6 Å². The van der Waals surface area contributed by atoms with E-state index in [0.717, 1.165) is 15.3 Å². The predicted molar refractivity (Wildman–Crippen MR) is 101 cm³/mol. The fraction of sp³-hybridized carbons (Fsp3) is 0.556. The summed E-state index contributed by atoms with van der Waals surface area (Å²) in [4.78, 5) is 49.9. The van der Waals surface area contributed by atoms with Crippen molar-refractivity contribution < 1.29 is 19.2 Å². The third-order valence-electron chi connectivity index (χ3n) is 4.80. The summed E-state index contributed by atoms with van der Waals surface area (Å²) >= 11 is 1.30. The quantitative estimate of drug-likeness (QED) is 0.662. The van der Waals surface area contributed by atoms with Gasteiger partial charge in [-0.1, -0.05) is 0 Å². The third-order valence-corrected chi connectivity index (χ3v) is 6.27. The first-order chi connectivity index (χ1) is 12.4. The van der Waals surface area contributed by atoms with Gasteiger partial charge in [-0.05, 0) is 39.7 Å². The van der Waals surface area contributed by atoms with Gasteiger partial charge in [-0.3, -0.25) is 24.1 Å². The molecule has 3 rings (SSSR count). The molecule has 4 amide bonds. The summed E-state index contributed by atoms with van der Waals surface area (Å²) in [6.45, 7) is 7.76. The second-order valence-electron chi connectivity index (χ2n) is 8.21. The number of fused-ring (bicyclic) bond motifs is 1. The molecule has 0 saturated carbocycles. The zero-order chi connectivity index (χ0) is 20.1. The molecule has 2 aliphatic heterocycles. The van der Waals surface area contributed by atoms with Crippen LogP contribution in [0.1, 0.15) is 61.3 Å². The summed E-state index contributed by atoms with van der Waals surface area (Å²) in [7, 11) is 0. The van der Waals surface area contributed by atoms with Crippen molar-refractivity contribution in [2.75, 3.05) is 11.9 Å². The van der Waals surface area contributed by atoms with Crippen LogP contribution in [0, 0.1) is 0 Å². The number of likely N-dealkylation sites (tertiary alicyclic amines) is 1. The van der Waals surface area contributed by atoms with Gasteiger partial charge in [0.2, 0.25) is 17.7 Å². The van der Waals surface area contributed by atoms with Crippen LogP contribution in [0.15, 0.2) is 0 Å². The first kappa shape index (κ1) is 19.5. The number of anilines is 1. The number of imide groups is 1. The van der Waals surface area contributed by atoms with Crippen LogP contribution in [0.2, 0.25) is 0 Å². The van der Waals surface area contributed by atoms with Gasteiger partial charge in [-0.2, -0.15) is 0 Å². The van der Waals surface area contributed by atoms with Crippen molar-refractivity contribution in [3.05, 3.63) is 16.0 Å². The first-order valence-electron chi connectivity index (χ1n) is 8.79. The van der Waals surface area contributed by atoms with Gasteiger partial charge in [0.05, 0.1) is 5.56 Å². The predicted octanol–water partition coefficient (Wildman–Crippen LogP) is 1.09. The third kappa shape index (κ3) is 3.61. The molecular weight excluding hydrogens is 368 g/mol. The van der Waals surface area contributed by atoms with Gasteiger partial charge < -0.3 is 16.4 Å². The van der Waals surface area contributed by atoms with Gasteiger partial charge in [0.25, 0.3) is 5.91 Å². The fourth-order valence-electron chi connectivity index (χ4n) is 3.99. The number of amides is 4. The number of hydrogen-bond donors (Lipinski definition) is 3. The number of nitrogens with one attached hydrogen (secondary N) is 2. The minimum Gasteiger partial charge on any atom is -0.365 e. The molecule has 4 N–H and O–H groups in total. The zero-order valence-electron chi connectivity index (χ0n) is 15.9. The van der Waals surface area contributed by atoms with Crippen LogP contribution in [0.3, 0.4) is 0 Å². The number of carbonyl (C=O) groups is 4. The smallest absolute Gasteiger partial charge is 0.251 e. The Morgan fingerprint density at radius 1 is 1.19 bits per heavy atom. The van der Waals surface area contributed by atoms with Gasteiger partial charge in [0.1, 0.15) is 11.5 Å². The number of nitrogens with two attached hydrogens (primary N) is 1. The Morgan fingerprint density at radius 3 is 2.33 bits per heavy atom. The van der Waals surface area contributed by atoms with E-state index < -0.39 is 17.4 Å². The van der Waals surface area contributed by atoms with E-state index in [9.17, 15) is 19.2 Å². The van der Waals surface area contributed by atoms with Crippen molar-refractivity contribution in [1.82, 2.24) is 10.2 Å². The minimum atomic E-state index is -0.607. The number of thiophene rings is 1. The normalized spacial score (nSPS) is 20.5. The molecule has 0 aliphatic carbocycles. The van der Waals surface area contributed by atoms with Crippen LogP contribution in [0.25, 0.3) is 0 Å². The van der Waals surface area contributed by atoms with Crippen LogP contribution in [-0.2, 0) is 26.3 Å². The fourth-order valence-corrected chi connectivity index (χ4v) is 5.28. The molecule has 146 valence electrons. The summed E-state index contributed by atoms with van der Waals surface area (Å²) in [6, 6.07) is 0. The van der Waals surface area contributed by atoms with Crippen molar-refractivity contribution >= 4 is 40.0 Å². The standard InChI is InChI=1S/C18H24N4O4S/c1-17(2)7-9-13(15(19)26)16(27-14(9)18(3,4)21-17)20-10(23)8-22-11(24)5-6-12(22)25/h21H,5-8H2,1-4H3,(H2,19,26)(H,20,23). The molecule has 0 spiro atoms. The molecule has 1 fully saturated rings. The second kappa shape index (κ2) is 6.42. The lowest BCUT2D eigenvalue weighted by Crippen LogP contribution is -2.55. The number of carbonyl (C=O) groups excluding carboxylic acids is 4. The molecule has 9 heteroatoms. The van der Waals surface area contributed by atoms with E-state index in [1.165, 1.54) is 11.3 Å². The number of rotatable bonds is 4. The molecule has 1 aromatic rings. The summed E-state index contributed by atoms with van der Waals surface area (Å²) < 4.78 is 0. The molecule has 2 aliphatic rings. The Hall–Kier alpha value is -2.26. The molecule has 0 unspecified atom stereocenters. The Labute approximate surface area is 161 Å². The number of primary amides is 1. The van der Waals surface area contributed by atoms with Crippen molar-refractivity contribution in [2.24, 2.45) is 5.73 Å². The molecule has 1 saturated heterocycles. The Kier molecular flexibility index (Phi) is 4.63. The number of hydrogen-bond acceptors (Lipinski definition) is 6. The lowest BCUT2D eigenvalue weighted by molar-refractivity contribution is -0.141. The van der Waals surface area contributed by atoms with Crippen LogP contribution in [0.4, 0.5) is 5.00 Å². The second-order valence-corrected chi connectivity index (χ2v) is 9.23. The molecule has 0 radical (unpaired) electrons. The van der Waals surface area contributed by atoms with Crippen LogP contribution in [-0.4, -0.2) is 40.6 Å². The van der Waals surface area contributed by atoms with Gasteiger partial charge >= 0.3 is 0 Å². The first-order valence-corrected chi connectivity index (χ1v) is 9.61. The van der Waals surface area contributed by atoms with Crippen molar-refractivity contribution in [1.29, 1.82) is 0 Å². The summed E-state index contributed by atoms with van der Waals surface area (Å²) in [5, 5.41) is 6.59. The largest absolute Gasteiger partial charge is 0.365 e. The molecule has 0 atom stereocenters. The summed E-state index contributed by atoms with van der Waals surface area (Å²) in [5.41, 5.74) is 6.14. The van der Waals surface area contributed by atoms with E-state index in [1.54, 1.807) is 0 Å². The molecule has 27 heavy (non-hydrogen) atoms. The van der Waals surface area contributed by atoms with Crippen LogP contribution in [0.5, 0.6) is 0 Å². The summed E-state index contributed by atoms with van der Waals surface area (Å²) in [6.07, 6.45) is 0.848. The minimum absolute atomic E-state index is 0.126. The van der Waals surface area contributed by atoms with E-state index in [4.69, 9.17) is 5.73 Å².